The summed E-state index contributed by atoms with van der Waals surface area (Å²) >= 11 is 0. The smallest absolute Gasteiger partial charge is 0.177 e. The molecule has 0 bridgehead atoms. The zero-order valence-corrected chi connectivity index (χ0v) is 20.2. The van der Waals surface area contributed by atoms with E-state index in [0.717, 1.165) is 24.6 Å². The summed E-state index contributed by atoms with van der Waals surface area (Å²) in [6.45, 7) is 2.34. The lowest BCUT2D eigenvalue weighted by atomic mass is 9.74. The van der Waals surface area contributed by atoms with Crippen LogP contribution in [0.5, 0.6) is 0 Å². The van der Waals surface area contributed by atoms with Crippen molar-refractivity contribution in [3.63, 3.8) is 0 Å². The second-order valence-corrected chi connectivity index (χ2v) is 10.4. The molecule has 2 fully saturated rings. The second-order valence-electron chi connectivity index (χ2n) is 10.4. The number of para-hydroxylation sites is 1. The summed E-state index contributed by atoms with van der Waals surface area (Å²) < 4.78 is 4.85. The van der Waals surface area contributed by atoms with Crippen molar-refractivity contribution < 1.29 is 0 Å². The van der Waals surface area contributed by atoms with Crippen LogP contribution in [0, 0.1) is 5.92 Å². The minimum Gasteiger partial charge on any atom is -0.327 e. The molecule has 2 aromatic carbocycles. The molecule has 34 heavy (non-hydrogen) atoms. The average Bonchev–Trinajstić information content (AvgIpc) is 3.56. The standard InChI is InChI=1S/C29H35N5/c1-2-22-17-19-29(20-18-22,28-30-31-32-34(28)25-14-7-4-8-15-25)33-26-16-10-9-13-24(26)21-27(33)23-11-5-3-6-12-23/h3,5-6,9-13,16,21-22,25H,2,4,7-8,14-15,17-20H2,1H3. The highest BCUT2D eigenvalue weighted by Crippen LogP contribution is 2.48. The van der Waals surface area contributed by atoms with Crippen molar-refractivity contribution in [1.29, 1.82) is 0 Å². The Morgan fingerprint density at radius 1 is 0.882 bits per heavy atom. The molecule has 5 nitrogen and oxygen atoms in total. The molecule has 6 rings (SSSR count). The lowest BCUT2D eigenvalue weighted by molar-refractivity contribution is 0.174. The highest BCUT2D eigenvalue weighted by Gasteiger charge is 2.45. The molecule has 5 heteroatoms. The number of hydrogen-bond donors (Lipinski definition) is 0. The zero-order valence-electron chi connectivity index (χ0n) is 20.2. The van der Waals surface area contributed by atoms with Gasteiger partial charge in [-0.1, -0.05) is 81.1 Å². The third kappa shape index (κ3) is 3.57. The lowest BCUT2D eigenvalue weighted by Crippen LogP contribution is -2.42. The number of fused-ring (bicyclic) bond motifs is 1. The topological polar surface area (TPSA) is 48.5 Å². The maximum atomic E-state index is 4.82. The first-order valence-corrected chi connectivity index (χ1v) is 13.2. The van der Waals surface area contributed by atoms with Crippen LogP contribution >= 0.6 is 0 Å². The van der Waals surface area contributed by atoms with Gasteiger partial charge < -0.3 is 4.57 Å². The van der Waals surface area contributed by atoms with Crippen LogP contribution in [-0.2, 0) is 5.54 Å². The van der Waals surface area contributed by atoms with Gasteiger partial charge in [-0.15, -0.1) is 5.10 Å². The highest BCUT2D eigenvalue weighted by molar-refractivity contribution is 5.87. The Kier molecular flexibility index (Phi) is 5.72. The van der Waals surface area contributed by atoms with Crippen LogP contribution in [-0.4, -0.2) is 24.8 Å². The van der Waals surface area contributed by atoms with Crippen molar-refractivity contribution in [3.8, 4) is 11.3 Å². The van der Waals surface area contributed by atoms with Gasteiger partial charge in [0.2, 0.25) is 0 Å². The largest absolute Gasteiger partial charge is 0.327 e. The maximum Gasteiger partial charge on any atom is 0.177 e. The van der Waals surface area contributed by atoms with E-state index in [9.17, 15) is 0 Å². The van der Waals surface area contributed by atoms with E-state index in [0.29, 0.717) is 6.04 Å². The van der Waals surface area contributed by atoms with Gasteiger partial charge in [-0.05, 0) is 72.6 Å². The minimum absolute atomic E-state index is 0.235. The molecule has 176 valence electrons. The predicted molar refractivity (Wildman–Crippen MR) is 137 cm³/mol. The Morgan fingerprint density at radius 3 is 2.38 bits per heavy atom. The molecule has 2 aliphatic rings. The van der Waals surface area contributed by atoms with E-state index in [1.165, 1.54) is 73.5 Å². The molecule has 2 aromatic heterocycles. The molecule has 0 amide bonds. The molecule has 0 unspecified atom stereocenters. The van der Waals surface area contributed by atoms with Crippen molar-refractivity contribution in [2.45, 2.75) is 82.7 Å². The monoisotopic (exact) mass is 453 g/mol. The molecular formula is C29H35N5. The van der Waals surface area contributed by atoms with E-state index in [1.807, 2.05) is 0 Å². The number of hydrogen-bond acceptors (Lipinski definition) is 3. The SMILES string of the molecule is CCC1CCC(c2nnnn2C2CCCCC2)(n2c(-c3ccccc3)cc3ccccc32)CC1. The Bertz CT molecular complexity index is 1240. The van der Waals surface area contributed by atoms with E-state index in [1.54, 1.807) is 0 Å². The van der Waals surface area contributed by atoms with Gasteiger partial charge in [0, 0.05) is 10.9 Å². The molecule has 0 spiro atoms. The van der Waals surface area contributed by atoms with Crippen molar-refractivity contribution in [3.05, 3.63) is 66.5 Å². The number of benzene rings is 2. The van der Waals surface area contributed by atoms with E-state index in [4.69, 9.17) is 5.10 Å². The van der Waals surface area contributed by atoms with Gasteiger partial charge in [0.25, 0.3) is 0 Å². The fourth-order valence-electron chi connectivity index (χ4n) is 6.62. The molecule has 0 N–H and O–H groups in total. The lowest BCUT2D eigenvalue weighted by Gasteiger charge is -2.42. The van der Waals surface area contributed by atoms with Gasteiger partial charge in [0.05, 0.1) is 11.7 Å². The molecule has 2 saturated carbocycles. The number of nitrogens with zero attached hydrogens (tertiary/aromatic N) is 5. The average molecular weight is 454 g/mol. The zero-order chi connectivity index (χ0) is 23.0. The molecular weight excluding hydrogens is 418 g/mol. The summed E-state index contributed by atoms with van der Waals surface area (Å²) in [5.41, 5.74) is 3.58. The van der Waals surface area contributed by atoms with E-state index in [-0.39, 0.29) is 5.54 Å². The summed E-state index contributed by atoms with van der Waals surface area (Å²) in [4.78, 5) is 0. The molecule has 0 atom stereocenters. The Balaban J connectivity index is 1.59. The van der Waals surface area contributed by atoms with Crippen LogP contribution in [0.25, 0.3) is 22.2 Å². The van der Waals surface area contributed by atoms with Crippen LogP contribution in [0.4, 0.5) is 0 Å². The normalized spacial score (nSPS) is 24.0. The van der Waals surface area contributed by atoms with Gasteiger partial charge in [-0.2, -0.15) is 0 Å². The van der Waals surface area contributed by atoms with E-state index < -0.39 is 0 Å². The maximum absolute atomic E-state index is 4.82. The van der Waals surface area contributed by atoms with Crippen molar-refractivity contribution in [2.24, 2.45) is 5.92 Å². The number of aromatic nitrogens is 5. The fraction of sp³-hybridized carbons (Fsp3) is 0.483. The van der Waals surface area contributed by atoms with Gasteiger partial charge in [0.1, 0.15) is 5.54 Å². The van der Waals surface area contributed by atoms with Gasteiger partial charge in [0.15, 0.2) is 5.82 Å². The molecule has 0 aliphatic heterocycles. The Hall–Kier alpha value is -2.95. The first-order chi connectivity index (χ1) is 16.8. The molecule has 0 saturated heterocycles. The molecule has 2 aliphatic carbocycles. The third-order valence-electron chi connectivity index (χ3n) is 8.55. The first-order valence-electron chi connectivity index (χ1n) is 13.2. The first kappa shape index (κ1) is 21.6. The van der Waals surface area contributed by atoms with Crippen LogP contribution in [0.1, 0.15) is 83.0 Å². The van der Waals surface area contributed by atoms with E-state index in [2.05, 4.69) is 87.3 Å². The summed E-state index contributed by atoms with van der Waals surface area (Å²) in [5, 5.41) is 15.0. The van der Waals surface area contributed by atoms with Gasteiger partial charge in [-0.3, -0.25) is 0 Å². The Morgan fingerprint density at radius 2 is 1.62 bits per heavy atom. The van der Waals surface area contributed by atoms with Crippen molar-refractivity contribution in [1.82, 2.24) is 24.8 Å². The molecule has 4 aromatic rings. The Labute approximate surface area is 202 Å². The molecule has 2 heterocycles. The van der Waals surface area contributed by atoms with Gasteiger partial charge in [-0.25, -0.2) is 4.68 Å². The number of rotatable bonds is 5. The van der Waals surface area contributed by atoms with E-state index >= 15 is 0 Å². The number of tetrazole rings is 1. The quantitative estimate of drug-likeness (QED) is 0.322. The molecule has 0 radical (unpaired) electrons. The van der Waals surface area contributed by atoms with Crippen molar-refractivity contribution >= 4 is 10.9 Å². The summed E-state index contributed by atoms with van der Waals surface area (Å²) in [7, 11) is 0. The summed E-state index contributed by atoms with van der Waals surface area (Å²) in [6.07, 6.45) is 12.1. The van der Waals surface area contributed by atoms with Crippen molar-refractivity contribution in [2.75, 3.05) is 0 Å². The van der Waals surface area contributed by atoms with Gasteiger partial charge >= 0.3 is 0 Å². The minimum atomic E-state index is -0.235. The fourth-order valence-corrected chi connectivity index (χ4v) is 6.62. The summed E-state index contributed by atoms with van der Waals surface area (Å²) in [6, 6.07) is 22.5. The van der Waals surface area contributed by atoms with Crippen LogP contribution < -0.4 is 0 Å². The second kappa shape index (κ2) is 9.01. The summed E-state index contributed by atoms with van der Waals surface area (Å²) in [5.74, 6) is 1.86. The van der Waals surface area contributed by atoms with Crippen LogP contribution in [0.15, 0.2) is 60.7 Å². The van der Waals surface area contributed by atoms with Crippen LogP contribution in [0.3, 0.4) is 0 Å². The highest BCUT2D eigenvalue weighted by atomic mass is 15.6. The predicted octanol–water partition coefficient (Wildman–Crippen LogP) is 7.14. The van der Waals surface area contributed by atoms with Crippen LogP contribution in [0.2, 0.25) is 0 Å². The third-order valence-corrected chi connectivity index (χ3v) is 8.55.